The largest absolute Gasteiger partial charge is 0.480 e. The molecule has 1 aliphatic heterocycles. The quantitative estimate of drug-likeness (QED) is 0.903. The molecule has 1 saturated heterocycles. The van der Waals surface area contributed by atoms with E-state index in [1.165, 1.54) is 29.0 Å². The molecule has 0 aliphatic carbocycles. The number of carboxylic acid groups (broad SMARTS) is 1. The number of hydrogen-bond donors (Lipinski definition) is 1. The topological polar surface area (TPSA) is 70.8 Å². The maximum absolute atomic E-state index is 12.2. The van der Waals surface area contributed by atoms with Crippen LogP contribution in [0, 0.1) is 0 Å². The monoisotopic (exact) mass is 319 g/mol. The summed E-state index contributed by atoms with van der Waals surface area (Å²) in [5.41, 5.74) is 0.352. The lowest BCUT2D eigenvalue weighted by molar-refractivity contribution is -0.141. The van der Waals surface area contributed by atoms with Crippen LogP contribution in [0.2, 0.25) is 0 Å². The van der Waals surface area contributed by atoms with Crippen LogP contribution in [-0.4, -0.2) is 39.1 Å². The van der Waals surface area contributed by atoms with E-state index in [0.29, 0.717) is 16.0 Å². The normalized spacial score (nSPS) is 24.0. The molecule has 2 heterocycles. The summed E-state index contributed by atoms with van der Waals surface area (Å²) >= 11 is 4.57. The van der Waals surface area contributed by atoms with Crippen LogP contribution in [0.3, 0.4) is 0 Å². The van der Waals surface area contributed by atoms with Gasteiger partial charge >= 0.3 is 5.97 Å². The lowest BCUT2D eigenvalue weighted by Crippen LogP contribution is -2.44. The maximum atomic E-state index is 12.2. The SMILES string of the molecule is CC1SCC(C(=O)O)N1C(=O)c1ccoc1Br. The van der Waals surface area contributed by atoms with Crippen molar-refractivity contribution in [1.82, 2.24) is 4.90 Å². The summed E-state index contributed by atoms with van der Waals surface area (Å²) in [7, 11) is 0. The van der Waals surface area contributed by atoms with Gasteiger partial charge in [-0.05, 0) is 28.9 Å². The first-order valence-electron chi connectivity index (χ1n) is 4.92. The zero-order valence-corrected chi connectivity index (χ0v) is 11.3. The smallest absolute Gasteiger partial charge is 0.327 e. The summed E-state index contributed by atoms with van der Waals surface area (Å²) in [5, 5.41) is 8.93. The van der Waals surface area contributed by atoms with Crippen LogP contribution in [0.25, 0.3) is 0 Å². The van der Waals surface area contributed by atoms with E-state index < -0.39 is 12.0 Å². The number of carbonyl (C=O) groups excluding carboxylic acids is 1. The van der Waals surface area contributed by atoms with E-state index in [1.807, 2.05) is 6.92 Å². The molecule has 92 valence electrons. The average Bonchev–Trinajstić information content (AvgIpc) is 2.83. The molecule has 5 nitrogen and oxygen atoms in total. The molecule has 7 heteroatoms. The molecule has 0 radical (unpaired) electrons. The Morgan fingerprint density at radius 1 is 1.65 bits per heavy atom. The Balaban J connectivity index is 2.29. The van der Waals surface area contributed by atoms with Gasteiger partial charge in [0.15, 0.2) is 4.67 Å². The summed E-state index contributed by atoms with van der Waals surface area (Å²) < 4.78 is 5.32. The van der Waals surface area contributed by atoms with Gasteiger partial charge in [0.1, 0.15) is 6.04 Å². The molecule has 0 bridgehead atoms. The molecule has 1 fully saturated rings. The fourth-order valence-corrected chi connectivity index (χ4v) is 3.30. The Morgan fingerprint density at radius 2 is 2.35 bits per heavy atom. The van der Waals surface area contributed by atoms with Gasteiger partial charge in [-0.15, -0.1) is 11.8 Å². The van der Waals surface area contributed by atoms with Gasteiger partial charge in [-0.25, -0.2) is 4.79 Å². The van der Waals surface area contributed by atoms with Crippen LogP contribution in [0.1, 0.15) is 17.3 Å². The summed E-state index contributed by atoms with van der Waals surface area (Å²) in [6, 6.07) is 0.755. The predicted octanol–water partition coefficient (Wildman–Crippen LogP) is 2.03. The van der Waals surface area contributed by atoms with E-state index in [2.05, 4.69) is 15.9 Å². The molecule has 17 heavy (non-hydrogen) atoms. The second-order valence-corrected chi connectivity index (χ2v) is 5.68. The van der Waals surface area contributed by atoms with Gasteiger partial charge in [-0.2, -0.15) is 0 Å². The van der Waals surface area contributed by atoms with E-state index >= 15 is 0 Å². The fourth-order valence-electron chi connectivity index (χ4n) is 1.73. The Bertz CT molecular complexity index is 461. The van der Waals surface area contributed by atoms with Crippen molar-refractivity contribution in [3.63, 3.8) is 0 Å². The molecule has 1 amide bonds. The molecule has 1 aliphatic rings. The van der Waals surface area contributed by atoms with Crippen LogP contribution >= 0.6 is 27.7 Å². The third kappa shape index (κ3) is 2.21. The Morgan fingerprint density at radius 3 is 2.88 bits per heavy atom. The van der Waals surface area contributed by atoms with E-state index in [0.717, 1.165) is 0 Å². The first-order chi connectivity index (χ1) is 8.02. The van der Waals surface area contributed by atoms with E-state index in [-0.39, 0.29) is 11.3 Å². The molecule has 2 unspecified atom stereocenters. The van der Waals surface area contributed by atoms with E-state index in [4.69, 9.17) is 9.52 Å². The Labute approximate surface area is 110 Å². The minimum Gasteiger partial charge on any atom is -0.480 e. The van der Waals surface area contributed by atoms with Crippen LogP contribution in [0.4, 0.5) is 0 Å². The fraction of sp³-hybridized carbons (Fsp3) is 0.400. The van der Waals surface area contributed by atoms with Gasteiger partial charge in [0.05, 0.1) is 17.2 Å². The highest BCUT2D eigenvalue weighted by Gasteiger charge is 2.40. The molecule has 0 aromatic carbocycles. The van der Waals surface area contributed by atoms with Crippen molar-refractivity contribution < 1.29 is 19.1 Å². The van der Waals surface area contributed by atoms with Crippen LogP contribution in [0.15, 0.2) is 21.4 Å². The first-order valence-corrected chi connectivity index (χ1v) is 6.76. The highest BCUT2D eigenvalue weighted by atomic mass is 79.9. The van der Waals surface area contributed by atoms with Crippen LogP contribution in [-0.2, 0) is 4.79 Å². The summed E-state index contributed by atoms with van der Waals surface area (Å²) in [6.45, 7) is 1.82. The van der Waals surface area contributed by atoms with Crippen molar-refractivity contribution in [2.75, 3.05) is 5.75 Å². The van der Waals surface area contributed by atoms with Crippen molar-refractivity contribution in [1.29, 1.82) is 0 Å². The molecule has 0 spiro atoms. The van der Waals surface area contributed by atoms with Crippen molar-refractivity contribution in [2.45, 2.75) is 18.3 Å². The zero-order chi connectivity index (χ0) is 12.6. The summed E-state index contributed by atoms with van der Waals surface area (Å²) in [4.78, 5) is 24.7. The van der Waals surface area contributed by atoms with Gasteiger partial charge in [-0.3, -0.25) is 4.79 Å². The lowest BCUT2D eigenvalue weighted by atomic mass is 10.2. The third-order valence-electron chi connectivity index (χ3n) is 2.59. The number of amides is 1. The lowest BCUT2D eigenvalue weighted by Gasteiger charge is -2.24. The highest BCUT2D eigenvalue weighted by Crippen LogP contribution is 2.32. The van der Waals surface area contributed by atoms with Crippen molar-refractivity contribution in [3.8, 4) is 0 Å². The van der Waals surface area contributed by atoms with Gasteiger partial charge < -0.3 is 14.4 Å². The number of furan rings is 1. The minimum absolute atomic E-state index is 0.148. The second-order valence-electron chi connectivity index (χ2n) is 3.61. The van der Waals surface area contributed by atoms with Gasteiger partial charge in [0.25, 0.3) is 5.91 Å². The third-order valence-corrected chi connectivity index (χ3v) is 4.42. The number of halogens is 1. The number of nitrogens with zero attached hydrogens (tertiary/aromatic N) is 1. The Kier molecular flexibility index (Phi) is 3.48. The molecule has 1 aromatic rings. The molecular formula is C10H10BrNO4S. The second kappa shape index (κ2) is 4.73. The average molecular weight is 320 g/mol. The van der Waals surface area contributed by atoms with Crippen LogP contribution in [0.5, 0.6) is 0 Å². The highest BCUT2D eigenvalue weighted by molar-refractivity contribution is 9.10. The van der Waals surface area contributed by atoms with Crippen molar-refractivity contribution >= 4 is 39.6 Å². The van der Waals surface area contributed by atoms with E-state index in [9.17, 15) is 9.59 Å². The van der Waals surface area contributed by atoms with E-state index in [1.54, 1.807) is 0 Å². The van der Waals surface area contributed by atoms with Crippen molar-refractivity contribution in [2.24, 2.45) is 0 Å². The first kappa shape index (κ1) is 12.5. The number of carbonyl (C=O) groups is 2. The minimum atomic E-state index is -0.977. The number of hydrogen-bond acceptors (Lipinski definition) is 4. The molecule has 0 saturated carbocycles. The molecule has 2 rings (SSSR count). The number of rotatable bonds is 2. The molecule has 1 aromatic heterocycles. The maximum Gasteiger partial charge on any atom is 0.327 e. The van der Waals surface area contributed by atoms with Gasteiger partial charge in [0.2, 0.25) is 0 Å². The van der Waals surface area contributed by atoms with Gasteiger partial charge in [-0.1, -0.05) is 0 Å². The number of aliphatic carboxylic acids is 1. The predicted molar refractivity (Wildman–Crippen MR) is 65.9 cm³/mol. The number of thioether (sulfide) groups is 1. The standard InChI is InChI=1S/C10H10BrNO4S/c1-5-12(7(4-17-5)10(14)15)9(13)6-2-3-16-8(6)11/h2-3,5,7H,4H2,1H3,(H,14,15). The summed E-state index contributed by atoms with van der Waals surface area (Å²) in [6.07, 6.45) is 1.39. The number of carboxylic acids is 1. The zero-order valence-electron chi connectivity index (χ0n) is 8.92. The molecule has 2 atom stereocenters. The molecule has 1 N–H and O–H groups in total. The van der Waals surface area contributed by atoms with Crippen molar-refractivity contribution in [3.05, 3.63) is 22.6 Å². The molecular weight excluding hydrogens is 310 g/mol. The van der Waals surface area contributed by atoms with Crippen LogP contribution < -0.4 is 0 Å². The van der Waals surface area contributed by atoms with Gasteiger partial charge in [0, 0.05) is 5.75 Å². The summed E-state index contributed by atoms with van der Waals surface area (Å²) in [5.74, 6) is -0.886. The Hall–Kier alpha value is -0.950.